The van der Waals surface area contributed by atoms with E-state index >= 15 is 0 Å². The van der Waals surface area contributed by atoms with E-state index in [0.29, 0.717) is 44.3 Å². The number of hydrogen-bond acceptors (Lipinski definition) is 3. The van der Waals surface area contributed by atoms with Gasteiger partial charge in [-0.3, -0.25) is 4.79 Å². The van der Waals surface area contributed by atoms with Gasteiger partial charge in [0.15, 0.2) is 0 Å². The van der Waals surface area contributed by atoms with Gasteiger partial charge < -0.3 is 14.2 Å². The second kappa shape index (κ2) is 7.48. The molecule has 1 fully saturated rings. The molecule has 1 aliphatic heterocycles. The largest absolute Gasteiger partial charge is 0.378 e. The monoisotopic (exact) mass is 369 g/mol. The quantitative estimate of drug-likeness (QED) is 0.709. The number of nitrogens with zero attached hydrogens (tertiary/aromatic N) is 3. The third-order valence-electron chi connectivity index (χ3n) is 4.67. The van der Waals surface area contributed by atoms with E-state index in [1.807, 2.05) is 58.0 Å². The molecule has 134 valence electrons. The molecule has 2 heterocycles. The molecule has 4 rings (SSSR count). The van der Waals surface area contributed by atoms with Crippen LogP contribution in [-0.4, -0.2) is 46.7 Å². The molecular weight excluding hydrogens is 350 g/mol. The fourth-order valence-corrected chi connectivity index (χ4v) is 3.40. The number of para-hydroxylation sites is 2. The number of rotatable bonds is 4. The third-order valence-corrected chi connectivity index (χ3v) is 4.92. The normalized spacial score (nSPS) is 14.7. The fourth-order valence-electron chi connectivity index (χ4n) is 3.27. The summed E-state index contributed by atoms with van der Waals surface area (Å²) in [5.74, 6) is 0.990. The Kier molecular flexibility index (Phi) is 4.91. The summed E-state index contributed by atoms with van der Waals surface area (Å²) in [6.45, 7) is 2.81. The highest BCUT2D eigenvalue weighted by Gasteiger charge is 2.20. The zero-order chi connectivity index (χ0) is 17.9. The number of carbonyl (C=O) groups is 1. The second-order valence-corrected chi connectivity index (χ2v) is 6.84. The van der Waals surface area contributed by atoms with Crippen molar-refractivity contribution in [3.05, 3.63) is 64.9 Å². The topological polar surface area (TPSA) is 47.4 Å². The Balaban J connectivity index is 1.65. The van der Waals surface area contributed by atoms with Crippen molar-refractivity contribution in [2.75, 3.05) is 26.3 Å². The first-order valence-corrected chi connectivity index (χ1v) is 9.12. The third kappa shape index (κ3) is 3.59. The fraction of sp³-hybridized carbons (Fsp3) is 0.300. The van der Waals surface area contributed by atoms with Crippen LogP contribution in [0.5, 0.6) is 0 Å². The van der Waals surface area contributed by atoms with Gasteiger partial charge in [0.1, 0.15) is 12.4 Å². The van der Waals surface area contributed by atoms with E-state index in [-0.39, 0.29) is 5.91 Å². The van der Waals surface area contributed by atoms with E-state index in [9.17, 15) is 4.79 Å². The average Bonchev–Trinajstić information content (AvgIpc) is 3.01. The summed E-state index contributed by atoms with van der Waals surface area (Å²) >= 11 is 5.98. The number of imidazole rings is 1. The van der Waals surface area contributed by atoms with E-state index in [4.69, 9.17) is 21.3 Å². The number of benzene rings is 2. The van der Waals surface area contributed by atoms with Gasteiger partial charge in [-0.05, 0) is 29.8 Å². The summed E-state index contributed by atoms with van der Waals surface area (Å²) < 4.78 is 7.37. The summed E-state index contributed by atoms with van der Waals surface area (Å²) in [6, 6.07) is 15.7. The van der Waals surface area contributed by atoms with Gasteiger partial charge in [0.25, 0.3) is 0 Å². The molecule has 0 unspecified atom stereocenters. The standard InChI is InChI=1S/C20H20ClN3O2/c21-16-7-5-15(6-8-16)13-19-22-17-3-1-2-4-18(17)24(19)14-20(25)23-9-11-26-12-10-23/h1-8H,9-14H2. The molecule has 1 aliphatic rings. The number of morpholine rings is 1. The highest BCUT2D eigenvalue weighted by atomic mass is 35.5. The van der Waals surface area contributed by atoms with Crippen molar-refractivity contribution in [2.45, 2.75) is 13.0 Å². The van der Waals surface area contributed by atoms with Crippen molar-refractivity contribution in [1.29, 1.82) is 0 Å². The Labute approximate surface area is 157 Å². The van der Waals surface area contributed by atoms with Crippen LogP contribution in [0.1, 0.15) is 11.4 Å². The van der Waals surface area contributed by atoms with Crippen molar-refractivity contribution in [2.24, 2.45) is 0 Å². The molecule has 5 nitrogen and oxygen atoms in total. The predicted molar refractivity (Wildman–Crippen MR) is 101 cm³/mol. The van der Waals surface area contributed by atoms with Crippen LogP contribution in [0.15, 0.2) is 48.5 Å². The SMILES string of the molecule is O=C(Cn1c(Cc2ccc(Cl)cc2)nc2ccccc21)N1CCOCC1. The zero-order valence-corrected chi connectivity index (χ0v) is 15.2. The van der Waals surface area contributed by atoms with Crippen molar-refractivity contribution in [1.82, 2.24) is 14.5 Å². The Morgan fingerprint density at radius 3 is 2.58 bits per heavy atom. The zero-order valence-electron chi connectivity index (χ0n) is 14.4. The molecule has 0 saturated carbocycles. The number of carbonyl (C=O) groups excluding carboxylic acids is 1. The second-order valence-electron chi connectivity index (χ2n) is 6.40. The first kappa shape index (κ1) is 17.1. The van der Waals surface area contributed by atoms with Crippen LogP contribution in [0.4, 0.5) is 0 Å². The molecule has 0 bridgehead atoms. The molecule has 0 spiro atoms. The van der Waals surface area contributed by atoms with E-state index in [0.717, 1.165) is 22.4 Å². The molecule has 0 aliphatic carbocycles. The molecular formula is C20H20ClN3O2. The molecule has 0 radical (unpaired) electrons. The molecule has 26 heavy (non-hydrogen) atoms. The van der Waals surface area contributed by atoms with Gasteiger partial charge in [0.2, 0.25) is 5.91 Å². The Morgan fingerprint density at radius 2 is 1.81 bits per heavy atom. The van der Waals surface area contributed by atoms with Crippen LogP contribution < -0.4 is 0 Å². The number of amides is 1. The van der Waals surface area contributed by atoms with Gasteiger partial charge in [0, 0.05) is 24.5 Å². The Morgan fingerprint density at radius 1 is 1.08 bits per heavy atom. The van der Waals surface area contributed by atoms with Gasteiger partial charge in [0.05, 0.1) is 24.2 Å². The summed E-state index contributed by atoms with van der Waals surface area (Å²) in [6.07, 6.45) is 0.655. The average molecular weight is 370 g/mol. The molecule has 0 N–H and O–H groups in total. The lowest BCUT2D eigenvalue weighted by molar-refractivity contribution is -0.135. The maximum Gasteiger partial charge on any atom is 0.242 e. The lowest BCUT2D eigenvalue weighted by atomic mass is 10.1. The van der Waals surface area contributed by atoms with Crippen molar-refractivity contribution >= 4 is 28.5 Å². The maximum atomic E-state index is 12.8. The first-order chi connectivity index (χ1) is 12.7. The van der Waals surface area contributed by atoms with Gasteiger partial charge in [-0.2, -0.15) is 0 Å². The maximum absolute atomic E-state index is 12.8. The molecule has 1 saturated heterocycles. The lowest BCUT2D eigenvalue weighted by Crippen LogP contribution is -2.42. The molecule has 1 aromatic heterocycles. The molecule has 6 heteroatoms. The van der Waals surface area contributed by atoms with Crippen molar-refractivity contribution < 1.29 is 9.53 Å². The van der Waals surface area contributed by atoms with E-state index in [2.05, 4.69) is 0 Å². The minimum atomic E-state index is 0.105. The predicted octanol–water partition coefficient (Wildman–Crippen LogP) is 3.14. The van der Waals surface area contributed by atoms with Crippen LogP contribution in [-0.2, 0) is 22.5 Å². The number of halogens is 1. The van der Waals surface area contributed by atoms with Gasteiger partial charge in [-0.25, -0.2) is 4.98 Å². The smallest absolute Gasteiger partial charge is 0.242 e. The number of hydrogen-bond donors (Lipinski definition) is 0. The Hall–Kier alpha value is -2.37. The summed E-state index contributed by atoms with van der Waals surface area (Å²) in [5, 5.41) is 0.713. The number of aromatic nitrogens is 2. The first-order valence-electron chi connectivity index (χ1n) is 8.75. The van der Waals surface area contributed by atoms with Crippen molar-refractivity contribution in [3.8, 4) is 0 Å². The Bertz CT molecular complexity index is 914. The van der Waals surface area contributed by atoms with E-state index in [1.165, 1.54) is 0 Å². The summed E-state index contributed by atoms with van der Waals surface area (Å²) in [5.41, 5.74) is 3.01. The van der Waals surface area contributed by atoms with Gasteiger partial charge in [-0.1, -0.05) is 35.9 Å². The number of fused-ring (bicyclic) bond motifs is 1. The van der Waals surface area contributed by atoms with Crippen LogP contribution in [0.2, 0.25) is 5.02 Å². The van der Waals surface area contributed by atoms with E-state index in [1.54, 1.807) is 0 Å². The van der Waals surface area contributed by atoms with Crippen LogP contribution in [0.25, 0.3) is 11.0 Å². The highest BCUT2D eigenvalue weighted by molar-refractivity contribution is 6.30. The molecule has 1 amide bonds. The van der Waals surface area contributed by atoms with E-state index < -0.39 is 0 Å². The molecule has 0 atom stereocenters. The van der Waals surface area contributed by atoms with Crippen LogP contribution >= 0.6 is 11.6 Å². The summed E-state index contributed by atoms with van der Waals surface area (Å²) in [4.78, 5) is 19.4. The van der Waals surface area contributed by atoms with Gasteiger partial charge in [-0.15, -0.1) is 0 Å². The van der Waals surface area contributed by atoms with Crippen LogP contribution in [0.3, 0.4) is 0 Å². The molecule has 3 aromatic rings. The van der Waals surface area contributed by atoms with Gasteiger partial charge >= 0.3 is 0 Å². The lowest BCUT2D eigenvalue weighted by Gasteiger charge is -2.27. The highest BCUT2D eigenvalue weighted by Crippen LogP contribution is 2.20. The molecule has 2 aromatic carbocycles. The summed E-state index contributed by atoms with van der Waals surface area (Å²) in [7, 11) is 0. The minimum Gasteiger partial charge on any atom is -0.378 e. The van der Waals surface area contributed by atoms with Crippen LogP contribution in [0, 0.1) is 0 Å². The number of ether oxygens (including phenoxy) is 1. The minimum absolute atomic E-state index is 0.105. The van der Waals surface area contributed by atoms with Crippen molar-refractivity contribution in [3.63, 3.8) is 0 Å².